The second-order valence-electron chi connectivity index (χ2n) is 7.27. The maximum Gasteiger partial charge on any atom is 0.202 e. The van der Waals surface area contributed by atoms with E-state index in [4.69, 9.17) is 39.9 Å². The molecule has 0 aliphatic rings. The van der Waals surface area contributed by atoms with Crippen molar-refractivity contribution in [3.63, 3.8) is 0 Å². The lowest BCUT2D eigenvalue weighted by molar-refractivity contribution is 0.540. The van der Waals surface area contributed by atoms with Gasteiger partial charge in [0.2, 0.25) is 5.82 Å². The minimum atomic E-state index is 0.499. The Balaban J connectivity index is 1.89. The van der Waals surface area contributed by atoms with E-state index in [1.54, 1.807) is 12.1 Å². The third-order valence-electron chi connectivity index (χ3n) is 5.09. The van der Waals surface area contributed by atoms with Gasteiger partial charge >= 0.3 is 0 Å². The molecule has 0 spiro atoms. The lowest BCUT2D eigenvalue weighted by atomic mass is 10.1. The fourth-order valence-electron chi connectivity index (χ4n) is 3.52. The Kier molecular flexibility index (Phi) is 6.60. The molecule has 0 N–H and O–H groups in total. The molecule has 160 valence electrons. The van der Waals surface area contributed by atoms with E-state index in [1.807, 2.05) is 46.6 Å². The molecular formula is C22H21Cl3N6. The average Bonchev–Trinajstić information content (AvgIpc) is 3.33. The largest absolute Gasteiger partial charge is 0.231 e. The lowest BCUT2D eigenvalue weighted by Crippen LogP contribution is -2.04. The van der Waals surface area contributed by atoms with Gasteiger partial charge in [-0.1, -0.05) is 66.7 Å². The van der Waals surface area contributed by atoms with Crippen LogP contribution >= 0.6 is 34.8 Å². The van der Waals surface area contributed by atoms with Crippen molar-refractivity contribution in [2.45, 2.75) is 39.7 Å². The van der Waals surface area contributed by atoms with E-state index >= 15 is 0 Å². The second-order valence-corrected chi connectivity index (χ2v) is 8.55. The fraction of sp³-hybridized carbons (Fsp3) is 0.273. The van der Waals surface area contributed by atoms with Gasteiger partial charge in [0.05, 0.1) is 16.4 Å². The Morgan fingerprint density at radius 3 is 2.39 bits per heavy atom. The minimum absolute atomic E-state index is 0.499. The van der Waals surface area contributed by atoms with Crippen LogP contribution in [0.25, 0.3) is 28.5 Å². The highest BCUT2D eigenvalue weighted by Crippen LogP contribution is 2.35. The van der Waals surface area contributed by atoms with Gasteiger partial charge < -0.3 is 0 Å². The second kappa shape index (κ2) is 9.39. The summed E-state index contributed by atoms with van der Waals surface area (Å²) in [6.07, 6.45) is 3.24. The van der Waals surface area contributed by atoms with E-state index in [-0.39, 0.29) is 0 Å². The maximum atomic E-state index is 6.54. The first-order chi connectivity index (χ1) is 15.0. The predicted molar refractivity (Wildman–Crippen MR) is 125 cm³/mol. The first kappa shape index (κ1) is 21.8. The molecule has 4 aromatic rings. The summed E-state index contributed by atoms with van der Waals surface area (Å²) in [5.74, 6) is 0.632. The number of aryl methyl sites for hydroxylation is 1. The molecule has 2 heterocycles. The number of nitrogens with zero attached hydrogens (tertiary/aromatic N) is 6. The maximum absolute atomic E-state index is 6.54. The summed E-state index contributed by atoms with van der Waals surface area (Å²) in [5, 5.41) is 19.0. The SMILES string of the molecule is CCCCCn1nnnc1-c1nn(-c2ccc(Cl)cc2Cl)c(-c2ccc(Cl)cc2)c1C. The summed E-state index contributed by atoms with van der Waals surface area (Å²) in [6.45, 7) is 4.92. The van der Waals surface area contributed by atoms with E-state index < -0.39 is 0 Å². The van der Waals surface area contributed by atoms with Crippen LogP contribution in [0.1, 0.15) is 31.7 Å². The van der Waals surface area contributed by atoms with Crippen LogP contribution in [-0.2, 0) is 6.54 Å². The highest BCUT2D eigenvalue weighted by molar-refractivity contribution is 6.35. The first-order valence-electron chi connectivity index (χ1n) is 10.1. The summed E-state index contributed by atoms with van der Waals surface area (Å²) < 4.78 is 3.63. The summed E-state index contributed by atoms with van der Waals surface area (Å²) in [7, 11) is 0. The monoisotopic (exact) mass is 474 g/mol. The van der Waals surface area contributed by atoms with Gasteiger partial charge in [-0.25, -0.2) is 9.36 Å². The molecule has 0 saturated carbocycles. The standard InChI is InChI=1S/C22H21Cl3N6/c1-3-4-5-12-30-22(26-28-29-30)20-14(2)21(15-6-8-16(23)9-7-15)31(27-20)19-11-10-17(24)13-18(19)25/h6-11,13H,3-5,12H2,1-2H3. The molecule has 2 aromatic carbocycles. The van der Waals surface area contributed by atoms with Crippen molar-refractivity contribution < 1.29 is 0 Å². The zero-order valence-corrected chi connectivity index (χ0v) is 19.5. The smallest absolute Gasteiger partial charge is 0.202 e. The molecular weight excluding hydrogens is 455 g/mol. The van der Waals surface area contributed by atoms with Crippen LogP contribution in [0.15, 0.2) is 42.5 Å². The zero-order chi connectivity index (χ0) is 22.0. The molecule has 0 atom stereocenters. The van der Waals surface area contributed by atoms with Gasteiger partial charge in [-0.2, -0.15) is 5.10 Å². The van der Waals surface area contributed by atoms with Crippen LogP contribution in [-0.4, -0.2) is 30.0 Å². The minimum Gasteiger partial charge on any atom is -0.231 e. The van der Waals surface area contributed by atoms with Gasteiger partial charge in [-0.05, 0) is 54.1 Å². The zero-order valence-electron chi connectivity index (χ0n) is 17.2. The molecule has 0 unspecified atom stereocenters. The van der Waals surface area contributed by atoms with Crippen LogP contribution in [0, 0.1) is 6.92 Å². The topological polar surface area (TPSA) is 61.4 Å². The summed E-state index contributed by atoms with van der Waals surface area (Å²) in [6, 6.07) is 13.0. The van der Waals surface area contributed by atoms with E-state index in [0.29, 0.717) is 26.6 Å². The molecule has 0 amide bonds. The van der Waals surface area contributed by atoms with E-state index in [1.165, 1.54) is 0 Å². The molecule has 2 aromatic heterocycles. The van der Waals surface area contributed by atoms with E-state index in [9.17, 15) is 0 Å². The van der Waals surface area contributed by atoms with Gasteiger partial charge in [-0.3, -0.25) is 0 Å². The Labute approximate surface area is 195 Å². The van der Waals surface area contributed by atoms with Crippen LogP contribution < -0.4 is 0 Å². The molecule has 0 radical (unpaired) electrons. The van der Waals surface area contributed by atoms with Crippen LogP contribution in [0.5, 0.6) is 0 Å². The third kappa shape index (κ3) is 4.47. The molecule has 9 heteroatoms. The highest BCUT2D eigenvalue weighted by Gasteiger charge is 2.23. The molecule has 0 bridgehead atoms. The van der Waals surface area contributed by atoms with Crippen molar-refractivity contribution in [1.82, 2.24) is 30.0 Å². The van der Waals surface area contributed by atoms with Gasteiger partial charge in [-0.15, -0.1) is 5.10 Å². The van der Waals surface area contributed by atoms with Crippen molar-refractivity contribution in [1.29, 1.82) is 0 Å². The molecule has 4 rings (SSSR count). The van der Waals surface area contributed by atoms with Crippen molar-refractivity contribution in [3.8, 4) is 28.5 Å². The summed E-state index contributed by atoms with van der Waals surface area (Å²) >= 11 is 18.8. The Morgan fingerprint density at radius 2 is 1.68 bits per heavy atom. The highest BCUT2D eigenvalue weighted by atomic mass is 35.5. The molecule has 6 nitrogen and oxygen atoms in total. The Hall–Kier alpha value is -2.41. The molecule has 0 fully saturated rings. The number of halogens is 3. The third-order valence-corrected chi connectivity index (χ3v) is 5.88. The first-order valence-corrected chi connectivity index (χ1v) is 11.2. The number of unbranched alkanes of at least 4 members (excludes halogenated alkanes) is 2. The van der Waals surface area contributed by atoms with Crippen molar-refractivity contribution in [2.24, 2.45) is 0 Å². The Morgan fingerprint density at radius 1 is 0.935 bits per heavy atom. The van der Waals surface area contributed by atoms with Crippen molar-refractivity contribution in [2.75, 3.05) is 0 Å². The lowest BCUT2D eigenvalue weighted by Gasteiger charge is -2.11. The van der Waals surface area contributed by atoms with Gasteiger partial charge in [0, 0.05) is 27.7 Å². The number of tetrazole rings is 1. The average molecular weight is 476 g/mol. The fourth-order valence-corrected chi connectivity index (χ4v) is 4.13. The van der Waals surface area contributed by atoms with Crippen molar-refractivity contribution in [3.05, 3.63) is 63.1 Å². The number of hydrogen-bond donors (Lipinski definition) is 0. The number of hydrogen-bond acceptors (Lipinski definition) is 4. The molecule has 0 aliphatic heterocycles. The normalized spacial score (nSPS) is 11.3. The number of rotatable bonds is 7. The predicted octanol–water partition coefficient (Wildman–Crippen LogP) is 6.65. The Bertz CT molecular complexity index is 1200. The van der Waals surface area contributed by atoms with Crippen molar-refractivity contribution >= 4 is 34.8 Å². The summed E-state index contributed by atoms with van der Waals surface area (Å²) in [5.41, 5.74) is 4.21. The number of aromatic nitrogens is 6. The summed E-state index contributed by atoms with van der Waals surface area (Å²) in [4.78, 5) is 0. The van der Waals surface area contributed by atoms with Crippen LogP contribution in [0.4, 0.5) is 0 Å². The van der Waals surface area contributed by atoms with E-state index in [2.05, 4.69) is 22.4 Å². The van der Waals surface area contributed by atoms with E-state index in [0.717, 1.165) is 48.3 Å². The van der Waals surface area contributed by atoms with Gasteiger partial charge in [0.25, 0.3) is 0 Å². The van der Waals surface area contributed by atoms with Crippen LogP contribution in [0.2, 0.25) is 15.1 Å². The molecule has 0 aliphatic carbocycles. The quantitative estimate of drug-likeness (QED) is 0.281. The number of benzene rings is 2. The molecule has 31 heavy (non-hydrogen) atoms. The molecule has 0 saturated heterocycles. The van der Waals surface area contributed by atoms with Crippen LogP contribution in [0.3, 0.4) is 0 Å². The van der Waals surface area contributed by atoms with Gasteiger partial charge in [0.15, 0.2) is 0 Å². The van der Waals surface area contributed by atoms with Gasteiger partial charge in [0.1, 0.15) is 5.69 Å².